The Morgan fingerprint density at radius 3 is 2.23 bits per heavy atom. The zero-order valence-electron chi connectivity index (χ0n) is 19.0. The van der Waals surface area contributed by atoms with Gasteiger partial charge in [-0.3, -0.25) is 24.1 Å². The molecular formula is C22H37N3O6. The summed E-state index contributed by atoms with van der Waals surface area (Å²) >= 11 is 0. The third kappa shape index (κ3) is 11.6. The van der Waals surface area contributed by atoms with E-state index in [9.17, 15) is 19.2 Å². The maximum Gasteiger partial charge on any atom is 0.253 e. The molecule has 0 bridgehead atoms. The second-order valence-corrected chi connectivity index (χ2v) is 7.80. The van der Waals surface area contributed by atoms with Crippen LogP contribution in [0.5, 0.6) is 0 Å². The number of carbonyl (C=O) groups excluding carboxylic acids is 4. The van der Waals surface area contributed by atoms with Gasteiger partial charge in [-0.25, -0.2) is 0 Å². The number of amides is 4. The number of nitrogens with one attached hydrogen (secondary N) is 2. The number of imide groups is 1. The van der Waals surface area contributed by atoms with Crippen LogP contribution in [0.2, 0.25) is 0 Å². The zero-order chi connectivity index (χ0) is 23.1. The van der Waals surface area contributed by atoms with Crippen LogP contribution in [0, 0.1) is 5.92 Å². The largest absolute Gasteiger partial charge is 0.379 e. The summed E-state index contributed by atoms with van der Waals surface area (Å²) < 4.78 is 10.8. The number of hydrogen-bond donors (Lipinski definition) is 2. The smallest absolute Gasteiger partial charge is 0.253 e. The standard InChI is InChI=1S/C22H37N3O6/c1-4-5-6-18(17(2)3)24-20(27)10-13-30-15-16-31-14-11-23-19(26)9-12-25-21(28)7-8-22(25)29/h7-8,17-18H,4-6,9-16H2,1-3H3,(H,23,26)(H,24,27). The zero-order valence-corrected chi connectivity index (χ0v) is 19.0. The Bertz CT molecular complexity index is 602. The van der Waals surface area contributed by atoms with E-state index in [1.54, 1.807) is 0 Å². The van der Waals surface area contributed by atoms with E-state index in [1.807, 2.05) is 0 Å². The highest BCUT2D eigenvalue weighted by atomic mass is 16.5. The van der Waals surface area contributed by atoms with Crippen LogP contribution < -0.4 is 10.6 Å². The second-order valence-electron chi connectivity index (χ2n) is 7.80. The Kier molecular flexibility index (Phi) is 13.4. The fourth-order valence-corrected chi connectivity index (χ4v) is 2.98. The molecule has 0 aromatic rings. The van der Waals surface area contributed by atoms with E-state index in [-0.39, 0.29) is 30.8 Å². The maximum atomic E-state index is 12.0. The van der Waals surface area contributed by atoms with Crippen molar-refractivity contribution < 1.29 is 28.7 Å². The van der Waals surface area contributed by atoms with E-state index in [0.717, 1.165) is 24.2 Å². The van der Waals surface area contributed by atoms with E-state index >= 15 is 0 Å². The molecule has 1 atom stereocenters. The van der Waals surface area contributed by atoms with Crippen molar-refractivity contribution in [3.05, 3.63) is 12.2 Å². The summed E-state index contributed by atoms with van der Waals surface area (Å²) in [5.41, 5.74) is 0. The summed E-state index contributed by atoms with van der Waals surface area (Å²) in [6.07, 6.45) is 5.98. The maximum absolute atomic E-state index is 12.0. The molecule has 0 aromatic carbocycles. The molecule has 0 aromatic heterocycles. The molecule has 176 valence electrons. The van der Waals surface area contributed by atoms with Crippen molar-refractivity contribution in [1.82, 2.24) is 15.5 Å². The van der Waals surface area contributed by atoms with Crippen molar-refractivity contribution in [2.24, 2.45) is 5.92 Å². The van der Waals surface area contributed by atoms with Gasteiger partial charge in [0.05, 0.1) is 26.4 Å². The number of rotatable bonds is 17. The Balaban J connectivity index is 1.97. The lowest BCUT2D eigenvalue weighted by molar-refractivity contribution is -0.137. The normalized spacial score (nSPS) is 14.4. The molecule has 9 nitrogen and oxygen atoms in total. The van der Waals surface area contributed by atoms with Gasteiger partial charge in [-0.1, -0.05) is 33.6 Å². The number of ether oxygens (including phenoxy) is 2. The average molecular weight is 440 g/mol. The Morgan fingerprint density at radius 1 is 0.968 bits per heavy atom. The van der Waals surface area contributed by atoms with Crippen molar-refractivity contribution >= 4 is 23.6 Å². The van der Waals surface area contributed by atoms with E-state index in [0.29, 0.717) is 45.3 Å². The van der Waals surface area contributed by atoms with Crippen molar-refractivity contribution in [2.75, 3.05) is 39.5 Å². The lowest BCUT2D eigenvalue weighted by Crippen LogP contribution is -2.38. The summed E-state index contributed by atoms with van der Waals surface area (Å²) in [7, 11) is 0. The van der Waals surface area contributed by atoms with Crippen LogP contribution in [-0.2, 0) is 28.7 Å². The first-order chi connectivity index (χ1) is 14.8. The van der Waals surface area contributed by atoms with E-state index in [2.05, 4.69) is 31.4 Å². The molecule has 1 heterocycles. The van der Waals surface area contributed by atoms with Crippen molar-refractivity contribution in [1.29, 1.82) is 0 Å². The minimum atomic E-state index is -0.394. The molecule has 4 amide bonds. The fraction of sp³-hybridized carbons (Fsp3) is 0.727. The van der Waals surface area contributed by atoms with Crippen molar-refractivity contribution in [3.8, 4) is 0 Å². The average Bonchev–Trinajstić information content (AvgIpc) is 3.05. The van der Waals surface area contributed by atoms with Gasteiger partial charge in [0.2, 0.25) is 11.8 Å². The van der Waals surface area contributed by atoms with Gasteiger partial charge >= 0.3 is 0 Å². The number of carbonyl (C=O) groups is 4. The molecule has 0 fully saturated rings. The number of hydrogen-bond acceptors (Lipinski definition) is 6. The molecule has 0 saturated carbocycles. The monoisotopic (exact) mass is 439 g/mol. The summed E-state index contributed by atoms with van der Waals surface area (Å²) in [5, 5.41) is 5.75. The van der Waals surface area contributed by atoms with Crippen LogP contribution in [0.3, 0.4) is 0 Å². The van der Waals surface area contributed by atoms with Gasteiger partial charge in [0.25, 0.3) is 11.8 Å². The molecule has 1 rings (SSSR count). The molecule has 9 heteroatoms. The molecule has 0 saturated heterocycles. The Morgan fingerprint density at radius 2 is 1.61 bits per heavy atom. The van der Waals surface area contributed by atoms with Gasteiger partial charge in [0, 0.05) is 44.1 Å². The highest BCUT2D eigenvalue weighted by Crippen LogP contribution is 2.10. The first-order valence-electron chi connectivity index (χ1n) is 11.1. The van der Waals surface area contributed by atoms with Crippen LogP contribution in [0.1, 0.15) is 52.9 Å². The van der Waals surface area contributed by atoms with Gasteiger partial charge in [0.1, 0.15) is 0 Å². The van der Waals surface area contributed by atoms with Gasteiger partial charge in [-0.15, -0.1) is 0 Å². The van der Waals surface area contributed by atoms with Crippen LogP contribution in [0.15, 0.2) is 12.2 Å². The minimum Gasteiger partial charge on any atom is -0.379 e. The quantitative estimate of drug-likeness (QED) is 0.260. The van der Waals surface area contributed by atoms with E-state index in [1.165, 1.54) is 12.2 Å². The topological polar surface area (TPSA) is 114 Å². The molecule has 2 N–H and O–H groups in total. The number of nitrogens with zero attached hydrogens (tertiary/aromatic N) is 1. The van der Waals surface area contributed by atoms with Crippen LogP contribution in [-0.4, -0.2) is 74.1 Å². The van der Waals surface area contributed by atoms with Gasteiger partial charge in [-0.05, 0) is 12.3 Å². The molecule has 0 aliphatic carbocycles. The van der Waals surface area contributed by atoms with Crippen LogP contribution >= 0.6 is 0 Å². The van der Waals surface area contributed by atoms with Crippen LogP contribution in [0.4, 0.5) is 0 Å². The summed E-state index contributed by atoms with van der Waals surface area (Å²) in [4.78, 5) is 47.6. The lowest BCUT2D eigenvalue weighted by Gasteiger charge is -2.22. The Labute approximate surface area is 184 Å². The summed E-state index contributed by atoms with van der Waals surface area (Å²) in [6, 6.07) is 0.207. The lowest BCUT2D eigenvalue weighted by atomic mass is 9.98. The molecule has 0 radical (unpaired) electrons. The molecule has 31 heavy (non-hydrogen) atoms. The van der Waals surface area contributed by atoms with Gasteiger partial charge < -0.3 is 20.1 Å². The van der Waals surface area contributed by atoms with Crippen molar-refractivity contribution in [3.63, 3.8) is 0 Å². The number of unbranched alkanes of at least 4 members (excludes halogenated alkanes) is 1. The van der Waals surface area contributed by atoms with Crippen LogP contribution in [0.25, 0.3) is 0 Å². The predicted molar refractivity (Wildman–Crippen MR) is 116 cm³/mol. The van der Waals surface area contributed by atoms with Gasteiger partial charge in [-0.2, -0.15) is 0 Å². The summed E-state index contributed by atoms with van der Waals surface area (Å²) in [6.45, 7) is 8.17. The van der Waals surface area contributed by atoms with E-state index < -0.39 is 11.8 Å². The molecular weight excluding hydrogens is 402 g/mol. The predicted octanol–water partition coefficient (Wildman–Crippen LogP) is 1.17. The molecule has 1 aliphatic rings. The summed E-state index contributed by atoms with van der Waals surface area (Å²) in [5.74, 6) is -0.624. The minimum absolute atomic E-state index is 0.00606. The molecule has 1 unspecified atom stereocenters. The highest BCUT2D eigenvalue weighted by molar-refractivity contribution is 6.13. The molecule has 1 aliphatic heterocycles. The van der Waals surface area contributed by atoms with E-state index in [4.69, 9.17) is 9.47 Å². The molecule has 0 spiro atoms. The third-order valence-electron chi connectivity index (χ3n) is 4.90. The van der Waals surface area contributed by atoms with Crippen molar-refractivity contribution in [2.45, 2.75) is 58.9 Å². The fourth-order valence-electron chi connectivity index (χ4n) is 2.98. The Hall–Kier alpha value is -2.26. The second kappa shape index (κ2) is 15.5. The third-order valence-corrected chi connectivity index (χ3v) is 4.90. The first kappa shape index (κ1) is 26.8. The highest BCUT2D eigenvalue weighted by Gasteiger charge is 2.23. The van der Waals surface area contributed by atoms with Gasteiger partial charge in [0.15, 0.2) is 0 Å². The SMILES string of the molecule is CCCCC(NC(=O)CCOCCOCCNC(=O)CCN1C(=O)C=CC1=O)C(C)C. The first-order valence-corrected chi connectivity index (χ1v) is 11.1.